The van der Waals surface area contributed by atoms with Crippen LogP contribution in [0.1, 0.15) is 23.2 Å². The molecule has 1 fully saturated rings. The van der Waals surface area contributed by atoms with Crippen LogP contribution >= 0.6 is 0 Å². The third-order valence-corrected chi connectivity index (χ3v) is 3.65. The van der Waals surface area contributed by atoms with Gasteiger partial charge in [-0.25, -0.2) is 0 Å². The lowest BCUT2D eigenvalue weighted by atomic mass is 10.1. The maximum Gasteiger partial charge on any atom is 0.251 e. The molecule has 0 aromatic heterocycles. The van der Waals surface area contributed by atoms with E-state index in [9.17, 15) is 4.79 Å². The Hall–Kier alpha value is -1.95. The Balaban J connectivity index is 2.12. The standard InChI is InChI=1S/C15H22N2O4/c1-19-12-6-10(7-13(20-2)14(12)21-3)15(18)17-8-11(16)9-4-5-9/h6-7,9,11H,4-5,8,16H2,1-3H3,(H,17,18). The summed E-state index contributed by atoms with van der Waals surface area (Å²) < 4.78 is 15.7. The monoisotopic (exact) mass is 294 g/mol. The minimum Gasteiger partial charge on any atom is -0.493 e. The van der Waals surface area contributed by atoms with Gasteiger partial charge in [0.15, 0.2) is 11.5 Å². The maximum atomic E-state index is 12.2. The first-order valence-corrected chi connectivity index (χ1v) is 6.94. The van der Waals surface area contributed by atoms with E-state index in [0.717, 1.165) is 12.8 Å². The molecule has 1 aromatic carbocycles. The molecule has 0 radical (unpaired) electrons. The molecule has 1 amide bonds. The number of amides is 1. The third kappa shape index (κ3) is 3.58. The fourth-order valence-corrected chi connectivity index (χ4v) is 2.22. The molecule has 1 atom stereocenters. The fourth-order valence-electron chi connectivity index (χ4n) is 2.22. The van der Waals surface area contributed by atoms with Gasteiger partial charge >= 0.3 is 0 Å². The highest BCUT2D eigenvalue weighted by Gasteiger charge is 2.28. The van der Waals surface area contributed by atoms with Crippen LogP contribution in [0, 0.1) is 5.92 Å². The Morgan fingerprint density at radius 2 is 1.81 bits per heavy atom. The summed E-state index contributed by atoms with van der Waals surface area (Å²) in [5.41, 5.74) is 6.43. The maximum absolute atomic E-state index is 12.2. The number of hydrogen-bond acceptors (Lipinski definition) is 5. The molecule has 1 aliphatic carbocycles. The molecule has 21 heavy (non-hydrogen) atoms. The van der Waals surface area contributed by atoms with E-state index in [1.54, 1.807) is 12.1 Å². The van der Waals surface area contributed by atoms with Gasteiger partial charge in [-0.15, -0.1) is 0 Å². The van der Waals surface area contributed by atoms with Crippen molar-refractivity contribution < 1.29 is 19.0 Å². The van der Waals surface area contributed by atoms with Crippen molar-refractivity contribution in [1.29, 1.82) is 0 Å². The minimum atomic E-state index is -0.203. The van der Waals surface area contributed by atoms with E-state index in [1.807, 2.05) is 0 Å². The van der Waals surface area contributed by atoms with E-state index in [1.165, 1.54) is 21.3 Å². The second kappa shape index (κ2) is 6.67. The lowest BCUT2D eigenvalue weighted by Crippen LogP contribution is -2.38. The van der Waals surface area contributed by atoms with Gasteiger partial charge in [0.25, 0.3) is 5.91 Å². The number of hydrogen-bond donors (Lipinski definition) is 2. The normalized spacial score (nSPS) is 15.2. The van der Waals surface area contributed by atoms with E-state index in [2.05, 4.69) is 5.32 Å². The molecule has 1 unspecified atom stereocenters. The van der Waals surface area contributed by atoms with E-state index < -0.39 is 0 Å². The number of nitrogens with two attached hydrogens (primary N) is 1. The molecule has 6 nitrogen and oxygen atoms in total. The number of ether oxygens (including phenoxy) is 3. The molecule has 0 bridgehead atoms. The fraction of sp³-hybridized carbons (Fsp3) is 0.533. The van der Waals surface area contributed by atoms with E-state index in [0.29, 0.717) is 35.3 Å². The summed E-state index contributed by atoms with van der Waals surface area (Å²) in [6.45, 7) is 0.472. The summed E-state index contributed by atoms with van der Waals surface area (Å²) in [6, 6.07) is 3.27. The number of rotatable bonds is 7. The van der Waals surface area contributed by atoms with Crippen molar-refractivity contribution in [2.45, 2.75) is 18.9 Å². The van der Waals surface area contributed by atoms with E-state index >= 15 is 0 Å². The Morgan fingerprint density at radius 1 is 1.24 bits per heavy atom. The smallest absolute Gasteiger partial charge is 0.251 e. The van der Waals surface area contributed by atoms with Crippen molar-refractivity contribution >= 4 is 5.91 Å². The van der Waals surface area contributed by atoms with Crippen LogP contribution in [0.5, 0.6) is 17.2 Å². The van der Waals surface area contributed by atoms with Gasteiger partial charge in [-0.05, 0) is 30.9 Å². The van der Waals surface area contributed by atoms with Gasteiger partial charge < -0.3 is 25.3 Å². The number of methoxy groups -OCH3 is 3. The largest absolute Gasteiger partial charge is 0.493 e. The van der Waals surface area contributed by atoms with Crippen molar-refractivity contribution in [2.24, 2.45) is 11.7 Å². The average Bonchev–Trinajstić information content (AvgIpc) is 3.35. The molecule has 0 aliphatic heterocycles. The van der Waals surface area contributed by atoms with Gasteiger partial charge in [0, 0.05) is 18.2 Å². The average molecular weight is 294 g/mol. The summed E-state index contributed by atoms with van der Waals surface area (Å²) >= 11 is 0. The highest BCUT2D eigenvalue weighted by molar-refractivity contribution is 5.95. The summed E-state index contributed by atoms with van der Waals surface area (Å²) in [5, 5.41) is 2.84. The summed E-state index contributed by atoms with van der Waals surface area (Å²) in [7, 11) is 4.55. The number of benzene rings is 1. The van der Waals surface area contributed by atoms with Crippen LogP contribution in [0.15, 0.2) is 12.1 Å². The van der Waals surface area contributed by atoms with Crippen molar-refractivity contribution in [3.05, 3.63) is 17.7 Å². The van der Waals surface area contributed by atoms with Crippen LogP contribution in [0.25, 0.3) is 0 Å². The Labute approximate surface area is 124 Å². The third-order valence-electron chi connectivity index (χ3n) is 3.65. The van der Waals surface area contributed by atoms with Crippen LogP contribution in [0.4, 0.5) is 0 Å². The minimum absolute atomic E-state index is 0.0241. The first-order valence-electron chi connectivity index (χ1n) is 6.94. The Kier molecular flexibility index (Phi) is 4.90. The summed E-state index contributed by atoms with van der Waals surface area (Å²) in [5.74, 6) is 1.71. The molecule has 1 saturated carbocycles. The topological polar surface area (TPSA) is 82.8 Å². The first kappa shape index (κ1) is 15.4. The van der Waals surface area contributed by atoms with Crippen molar-refractivity contribution in [1.82, 2.24) is 5.32 Å². The van der Waals surface area contributed by atoms with Gasteiger partial charge in [0.2, 0.25) is 5.75 Å². The number of carbonyl (C=O) groups is 1. The molecule has 3 N–H and O–H groups in total. The second-order valence-electron chi connectivity index (χ2n) is 5.13. The van der Waals surface area contributed by atoms with Gasteiger partial charge in [-0.3, -0.25) is 4.79 Å². The molecular formula is C15H22N2O4. The zero-order valence-electron chi connectivity index (χ0n) is 12.6. The van der Waals surface area contributed by atoms with Crippen LogP contribution in [0.3, 0.4) is 0 Å². The van der Waals surface area contributed by atoms with Crippen LogP contribution in [0.2, 0.25) is 0 Å². The van der Waals surface area contributed by atoms with Crippen LogP contribution in [-0.4, -0.2) is 39.8 Å². The molecule has 0 spiro atoms. The van der Waals surface area contributed by atoms with Gasteiger partial charge in [-0.2, -0.15) is 0 Å². The van der Waals surface area contributed by atoms with Crippen molar-refractivity contribution in [3.8, 4) is 17.2 Å². The number of carbonyl (C=O) groups excluding carboxylic acids is 1. The number of nitrogens with one attached hydrogen (secondary N) is 1. The molecule has 6 heteroatoms. The Morgan fingerprint density at radius 3 is 2.24 bits per heavy atom. The van der Waals surface area contributed by atoms with Crippen molar-refractivity contribution in [2.75, 3.05) is 27.9 Å². The lowest BCUT2D eigenvalue weighted by Gasteiger charge is -2.15. The molecule has 1 aromatic rings. The lowest BCUT2D eigenvalue weighted by molar-refractivity contribution is 0.0949. The molecule has 1 aliphatic rings. The zero-order chi connectivity index (χ0) is 15.4. The SMILES string of the molecule is COc1cc(C(=O)NCC(N)C2CC2)cc(OC)c1OC. The summed E-state index contributed by atoms with van der Waals surface area (Å²) in [4.78, 5) is 12.2. The summed E-state index contributed by atoms with van der Waals surface area (Å²) in [6.07, 6.45) is 2.31. The van der Waals surface area contributed by atoms with E-state index in [4.69, 9.17) is 19.9 Å². The molecule has 116 valence electrons. The zero-order valence-corrected chi connectivity index (χ0v) is 12.6. The van der Waals surface area contributed by atoms with Gasteiger partial charge in [0.05, 0.1) is 21.3 Å². The van der Waals surface area contributed by atoms with Crippen LogP contribution < -0.4 is 25.3 Å². The first-order chi connectivity index (χ1) is 10.1. The Bertz CT molecular complexity index is 489. The molecule has 2 rings (SSSR count). The van der Waals surface area contributed by atoms with Gasteiger partial charge in [-0.1, -0.05) is 0 Å². The van der Waals surface area contributed by atoms with E-state index in [-0.39, 0.29) is 11.9 Å². The molecule has 0 heterocycles. The molecule has 0 saturated heterocycles. The highest BCUT2D eigenvalue weighted by atomic mass is 16.5. The van der Waals surface area contributed by atoms with Gasteiger partial charge in [0.1, 0.15) is 0 Å². The van der Waals surface area contributed by atoms with Crippen LogP contribution in [-0.2, 0) is 0 Å². The molecular weight excluding hydrogens is 272 g/mol. The second-order valence-corrected chi connectivity index (χ2v) is 5.13. The predicted octanol–water partition coefficient (Wildman–Crippen LogP) is 1.18. The highest BCUT2D eigenvalue weighted by Crippen LogP contribution is 2.38. The quantitative estimate of drug-likeness (QED) is 0.789. The predicted molar refractivity (Wildman–Crippen MR) is 79.1 cm³/mol. The van der Waals surface area contributed by atoms with Crippen molar-refractivity contribution in [3.63, 3.8) is 0 Å².